The van der Waals surface area contributed by atoms with Crippen molar-refractivity contribution in [2.24, 2.45) is 0 Å². The lowest BCUT2D eigenvalue weighted by Crippen LogP contribution is -2.12. The van der Waals surface area contributed by atoms with Gasteiger partial charge in [0.15, 0.2) is 0 Å². The van der Waals surface area contributed by atoms with Crippen LogP contribution in [0.5, 0.6) is 11.5 Å². The molecule has 112 valence electrons. The minimum Gasteiger partial charge on any atom is -0.508 e. The van der Waals surface area contributed by atoms with Gasteiger partial charge in [0, 0.05) is 0 Å². The maximum Gasteiger partial charge on any atom is 0.115 e. The van der Waals surface area contributed by atoms with Gasteiger partial charge < -0.3 is 10.2 Å². The fourth-order valence-electron chi connectivity index (χ4n) is 2.91. The summed E-state index contributed by atoms with van der Waals surface area (Å²) in [4.78, 5) is 0. The Morgan fingerprint density at radius 1 is 0.810 bits per heavy atom. The van der Waals surface area contributed by atoms with Crippen molar-refractivity contribution in [3.63, 3.8) is 0 Å². The van der Waals surface area contributed by atoms with E-state index < -0.39 is 0 Å². The molecule has 2 N–H and O–H groups in total. The summed E-state index contributed by atoms with van der Waals surface area (Å²) in [6.45, 7) is 1.71. The third kappa shape index (κ3) is 3.75. The standard InChI is InChI=1S/C18H21FO2/c1-2-17(13-3-7-15(20)8-4-13)18(11-12-19)14-5-9-16(21)10-6-14/h3-10,17-18,20-21H,2,11-12H2,1H3/t17-,18+/m0/s1. The first-order valence-electron chi connectivity index (χ1n) is 7.29. The van der Waals surface area contributed by atoms with Gasteiger partial charge in [-0.1, -0.05) is 31.2 Å². The molecule has 0 unspecified atom stereocenters. The molecule has 0 aliphatic carbocycles. The van der Waals surface area contributed by atoms with Crippen molar-refractivity contribution in [3.8, 4) is 11.5 Å². The number of hydrogen-bond acceptors (Lipinski definition) is 2. The van der Waals surface area contributed by atoms with Crippen molar-refractivity contribution < 1.29 is 14.6 Å². The number of halogens is 1. The molecule has 0 saturated carbocycles. The van der Waals surface area contributed by atoms with Gasteiger partial charge in [0.2, 0.25) is 0 Å². The van der Waals surface area contributed by atoms with Crippen molar-refractivity contribution >= 4 is 0 Å². The quantitative estimate of drug-likeness (QED) is 0.806. The van der Waals surface area contributed by atoms with Crippen LogP contribution in [0.1, 0.15) is 42.7 Å². The number of phenols is 2. The molecule has 0 radical (unpaired) electrons. The lowest BCUT2D eigenvalue weighted by Gasteiger charge is -2.26. The topological polar surface area (TPSA) is 40.5 Å². The predicted octanol–water partition coefficient (Wildman–Crippen LogP) is 4.73. The Balaban J connectivity index is 2.33. The summed E-state index contributed by atoms with van der Waals surface area (Å²) in [6.07, 6.45) is 1.33. The molecule has 0 aromatic heterocycles. The van der Waals surface area contributed by atoms with Crippen molar-refractivity contribution in [2.45, 2.75) is 31.6 Å². The van der Waals surface area contributed by atoms with E-state index in [-0.39, 0.29) is 30.0 Å². The molecule has 0 spiro atoms. The van der Waals surface area contributed by atoms with E-state index in [1.165, 1.54) is 0 Å². The second kappa shape index (κ2) is 7.11. The molecule has 0 bridgehead atoms. The molecule has 2 aromatic carbocycles. The van der Waals surface area contributed by atoms with Gasteiger partial charge in [-0.05, 0) is 60.1 Å². The second-order valence-corrected chi connectivity index (χ2v) is 5.28. The monoisotopic (exact) mass is 288 g/mol. The van der Waals surface area contributed by atoms with Gasteiger partial charge in [0.05, 0.1) is 6.67 Å². The van der Waals surface area contributed by atoms with E-state index in [4.69, 9.17) is 0 Å². The Labute approximate surface area is 124 Å². The highest BCUT2D eigenvalue weighted by Gasteiger charge is 2.23. The molecule has 2 aromatic rings. The third-order valence-electron chi connectivity index (χ3n) is 3.99. The van der Waals surface area contributed by atoms with Crippen molar-refractivity contribution in [3.05, 3.63) is 59.7 Å². The second-order valence-electron chi connectivity index (χ2n) is 5.28. The summed E-state index contributed by atoms with van der Waals surface area (Å²) in [7, 11) is 0. The smallest absolute Gasteiger partial charge is 0.115 e. The molecule has 0 aliphatic heterocycles. The molecule has 0 fully saturated rings. The molecule has 3 heteroatoms. The molecule has 0 heterocycles. The Hall–Kier alpha value is -2.03. The van der Waals surface area contributed by atoms with Crippen LogP contribution in [-0.2, 0) is 0 Å². The highest BCUT2D eigenvalue weighted by atomic mass is 19.1. The van der Waals surface area contributed by atoms with Crippen LogP contribution in [0.15, 0.2) is 48.5 Å². The summed E-state index contributed by atoms with van der Waals surface area (Å²) >= 11 is 0. The highest BCUT2D eigenvalue weighted by molar-refractivity contribution is 5.34. The summed E-state index contributed by atoms with van der Waals surface area (Å²) in [5, 5.41) is 18.8. The Bertz CT molecular complexity index is 548. The molecular weight excluding hydrogens is 267 g/mol. The Morgan fingerprint density at radius 2 is 1.24 bits per heavy atom. The van der Waals surface area contributed by atoms with Crippen LogP contribution in [0, 0.1) is 0 Å². The molecule has 21 heavy (non-hydrogen) atoms. The van der Waals surface area contributed by atoms with Crippen LogP contribution in [0.3, 0.4) is 0 Å². The number of phenolic OH excluding ortho intramolecular Hbond substituents is 2. The van der Waals surface area contributed by atoms with Gasteiger partial charge in [-0.15, -0.1) is 0 Å². The maximum atomic E-state index is 13.0. The van der Waals surface area contributed by atoms with Crippen molar-refractivity contribution in [1.29, 1.82) is 0 Å². The first-order valence-corrected chi connectivity index (χ1v) is 7.29. The lowest BCUT2D eigenvalue weighted by atomic mass is 9.78. The molecule has 2 atom stereocenters. The van der Waals surface area contributed by atoms with Gasteiger partial charge >= 0.3 is 0 Å². The predicted molar refractivity (Wildman–Crippen MR) is 82.6 cm³/mol. The van der Waals surface area contributed by atoms with Gasteiger partial charge in [-0.2, -0.15) is 0 Å². The van der Waals surface area contributed by atoms with Crippen LogP contribution in [0.25, 0.3) is 0 Å². The Kier molecular flexibility index (Phi) is 5.20. The van der Waals surface area contributed by atoms with Crippen LogP contribution in [0.4, 0.5) is 4.39 Å². The maximum absolute atomic E-state index is 13.0. The first kappa shape index (κ1) is 15.4. The summed E-state index contributed by atoms with van der Waals surface area (Å²) in [6, 6.07) is 14.1. The molecule has 0 saturated heterocycles. The van der Waals surface area contributed by atoms with Gasteiger partial charge in [-0.25, -0.2) is 0 Å². The van der Waals surface area contributed by atoms with E-state index in [9.17, 15) is 14.6 Å². The lowest BCUT2D eigenvalue weighted by molar-refractivity contribution is 0.399. The minimum atomic E-state index is -0.375. The largest absolute Gasteiger partial charge is 0.508 e. The molecule has 0 aliphatic rings. The average Bonchev–Trinajstić information content (AvgIpc) is 2.50. The number of benzene rings is 2. The SMILES string of the molecule is CC[C@@H](c1ccc(O)cc1)[C@H](CCF)c1ccc(O)cc1. The summed E-state index contributed by atoms with van der Waals surface area (Å²) < 4.78 is 13.0. The van der Waals surface area contributed by atoms with Crippen LogP contribution in [-0.4, -0.2) is 16.9 Å². The normalized spacial score (nSPS) is 13.8. The highest BCUT2D eigenvalue weighted by Crippen LogP contribution is 2.38. The number of aromatic hydroxyl groups is 2. The number of alkyl halides is 1. The minimum absolute atomic E-state index is 0.0603. The van der Waals surface area contributed by atoms with E-state index in [2.05, 4.69) is 6.92 Å². The van der Waals surface area contributed by atoms with Crippen LogP contribution >= 0.6 is 0 Å². The zero-order valence-electron chi connectivity index (χ0n) is 12.2. The molecule has 0 amide bonds. The fraction of sp³-hybridized carbons (Fsp3) is 0.333. The van der Waals surface area contributed by atoms with Gasteiger partial charge in [0.1, 0.15) is 11.5 Å². The fourth-order valence-corrected chi connectivity index (χ4v) is 2.91. The summed E-state index contributed by atoms with van der Waals surface area (Å²) in [5.41, 5.74) is 2.13. The van der Waals surface area contributed by atoms with E-state index in [0.717, 1.165) is 17.5 Å². The van der Waals surface area contributed by atoms with E-state index in [1.54, 1.807) is 24.3 Å². The molecule has 2 rings (SSSR count). The number of rotatable bonds is 6. The van der Waals surface area contributed by atoms with Gasteiger partial charge in [-0.3, -0.25) is 4.39 Å². The zero-order chi connectivity index (χ0) is 15.2. The Morgan fingerprint density at radius 3 is 1.62 bits per heavy atom. The molecular formula is C18H21FO2. The van der Waals surface area contributed by atoms with Crippen molar-refractivity contribution in [2.75, 3.05) is 6.67 Å². The zero-order valence-corrected chi connectivity index (χ0v) is 12.2. The third-order valence-corrected chi connectivity index (χ3v) is 3.99. The number of hydrogen-bond donors (Lipinski definition) is 2. The summed E-state index contributed by atoms with van der Waals surface area (Å²) in [5.74, 6) is 0.701. The van der Waals surface area contributed by atoms with E-state index in [0.29, 0.717) is 6.42 Å². The average molecular weight is 288 g/mol. The van der Waals surface area contributed by atoms with E-state index in [1.807, 2.05) is 24.3 Å². The molecule has 2 nitrogen and oxygen atoms in total. The van der Waals surface area contributed by atoms with Gasteiger partial charge in [0.25, 0.3) is 0 Å². The van der Waals surface area contributed by atoms with Crippen LogP contribution in [0.2, 0.25) is 0 Å². The van der Waals surface area contributed by atoms with Crippen molar-refractivity contribution in [1.82, 2.24) is 0 Å². The first-order chi connectivity index (χ1) is 10.2. The van der Waals surface area contributed by atoms with E-state index >= 15 is 0 Å². The van der Waals surface area contributed by atoms with Crippen LogP contribution < -0.4 is 0 Å².